The molecule has 0 bridgehead atoms. The SMILES string of the molecule is O=P(O)(O)CCCCCCCCCCCCCCCCCCCCCCCCCCCCCCCCCCCCNC(=S)S. The molecule has 44 heavy (non-hydrogen) atoms. The molecule has 4 nitrogen and oxygen atoms in total. The first-order valence-electron chi connectivity index (χ1n) is 19.4. The minimum atomic E-state index is -3.77. The van der Waals surface area contributed by atoms with Gasteiger partial charge in [0, 0.05) is 12.7 Å². The molecule has 0 amide bonds. The van der Waals surface area contributed by atoms with Gasteiger partial charge in [-0.1, -0.05) is 218 Å². The highest BCUT2D eigenvalue weighted by Crippen LogP contribution is 2.35. The van der Waals surface area contributed by atoms with Gasteiger partial charge in [-0.25, -0.2) is 0 Å². The van der Waals surface area contributed by atoms with Gasteiger partial charge < -0.3 is 15.1 Å². The Labute approximate surface area is 286 Å². The second-order valence-electron chi connectivity index (χ2n) is 13.6. The summed E-state index contributed by atoms with van der Waals surface area (Å²) < 4.78 is 11.4. The summed E-state index contributed by atoms with van der Waals surface area (Å²) >= 11 is 8.99. The van der Waals surface area contributed by atoms with Gasteiger partial charge >= 0.3 is 7.60 Å². The lowest BCUT2D eigenvalue weighted by Crippen LogP contribution is -2.17. The van der Waals surface area contributed by atoms with Crippen LogP contribution in [0.5, 0.6) is 0 Å². The second-order valence-corrected chi connectivity index (χ2v) is 16.6. The highest BCUT2D eigenvalue weighted by molar-refractivity contribution is 8.11. The lowest BCUT2D eigenvalue weighted by atomic mass is 10.0. The van der Waals surface area contributed by atoms with Crippen LogP contribution >= 0.6 is 32.4 Å². The first-order valence-corrected chi connectivity index (χ1v) is 22.1. The Morgan fingerprint density at radius 3 is 0.773 bits per heavy atom. The van der Waals surface area contributed by atoms with Crippen molar-refractivity contribution in [3.05, 3.63) is 0 Å². The Morgan fingerprint density at radius 1 is 0.409 bits per heavy atom. The largest absolute Gasteiger partial charge is 0.371 e. The van der Waals surface area contributed by atoms with Crippen molar-refractivity contribution in [1.29, 1.82) is 0 Å². The zero-order valence-electron chi connectivity index (χ0n) is 29.1. The maximum Gasteiger partial charge on any atom is 0.325 e. The summed E-state index contributed by atoms with van der Waals surface area (Å²) in [5, 5.41) is 3.11. The molecule has 0 aliphatic carbocycles. The van der Waals surface area contributed by atoms with Gasteiger partial charge in [0.15, 0.2) is 0 Å². The molecule has 0 radical (unpaired) electrons. The van der Waals surface area contributed by atoms with Crippen molar-refractivity contribution >= 4 is 36.8 Å². The van der Waals surface area contributed by atoms with Crippen LogP contribution < -0.4 is 5.32 Å². The van der Waals surface area contributed by atoms with E-state index in [1.807, 2.05) is 0 Å². The molecule has 0 spiro atoms. The van der Waals surface area contributed by atoms with Gasteiger partial charge in [0.25, 0.3) is 0 Å². The van der Waals surface area contributed by atoms with Crippen LogP contribution in [0.4, 0.5) is 0 Å². The van der Waals surface area contributed by atoms with Crippen LogP contribution in [-0.4, -0.2) is 26.8 Å². The van der Waals surface area contributed by atoms with Crippen LogP contribution in [0.25, 0.3) is 0 Å². The zero-order valence-corrected chi connectivity index (χ0v) is 31.7. The number of unbranched alkanes of at least 4 members (excludes halogenated alkanes) is 33. The number of hydrogen-bond acceptors (Lipinski definition) is 2. The van der Waals surface area contributed by atoms with E-state index in [1.54, 1.807) is 0 Å². The Morgan fingerprint density at radius 2 is 0.591 bits per heavy atom. The lowest BCUT2D eigenvalue weighted by Gasteiger charge is -2.05. The topological polar surface area (TPSA) is 69.6 Å². The molecule has 0 saturated heterocycles. The average Bonchev–Trinajstić information content (AvgIpc) is 2.98. The minimum Gasteiger partial charge on any atom is -0.371 e. The van der Waals surface area contributed by atoms with Crippen molar-refractivity contribution in [3.8, 4) is 0 Å². The summed E-state index contributed by atoms with van der Waals surface area (Å²) in [5.41, 5.74) is 0. The lowest BCUT2D eigenvalue weighted by molar-refractivity contribution is 0.370. The smallest absolute Gasteiger partial charge is 0.325 e. The Balaban J connectivity index is 3.06. The molecule has 0 fully saturated rings. The van der Waals surface area contributed by atoms with Crippen LogP contribution in [0.1, 0.15) is 218 Å². The predicted molar refractivity (Wildman–Crippen MR) is 203 cm³/mol. The van der Waals surface area contributed by atoms with Gasteiger partial charge in [-0.15, -0.1) is 12.6 Å². The molecule has 0 unspecified atom stereocenters. The molecule has 0 rings (SSSR count). The molecular weight excluding hydrogens is 602 g/mol. The number of hydrogen-bond donors (Lipinski definition) is 4. The molecular formula is C37H76NO3PS2. The van der Waals surface area contributed by atoms with Crippen LogP contribution in [0.15, 0.2) is 0 Å². The third-order valence-electron chi connectivity index (χ3n) is 9.15. The van der Waals surface area contributed by atoms with Crippen molar-refractivity contribution < 1.29 is 14.4 Å². The summed E-state index contributed by atoms with van der Waals surface area (Å²) in [6, 6.07) is 0. The van der Waals surface area contributed by atoms with Gasteiger partial charge in [-0.3, -0.25) is 4.57 Å². The Hall–Kier alpha value is 0.390. The Kier molecular flexibility index (Phi) is 36.6. The quantitative estimate of drug-likeness (QED) is 0.0228. The number of rotatable bonds is 37. The normalized spacial score (nSPS) is 11.8. The van der Waals surface area contributed by atoms with E-state index < -0.39 is 7.60 Å². The van der Waals surface area contributed by atoms with Crippen LogP contribution in [0.2, 0.25) is 0 Å². The molecule has 7 heteroatoms. The van der Waals surface area contributed by atoms with E-state index in [2.05, 4.69) is 17.9 Å². The van der Waals surface area contributed by atoms with E-state index in [9.17, 15) is 4.57 Å². The molecule has 0 heterocycles. The number of thiocarbonyl (C=S) groups is 1. The van der Waals surface area contributed by atoms with Crippen molar-refractivity contribution in [1.82, 2.24) is 5.32 Å². The summed E-state index contributed by atoms with van der Waals surface area (Å²) in [6.45, 7) is 0.979. The summed E-state index contributed by atoms with van der Waals surface area (Å²) in [6.07, 6.45) is 46.4. The molecule has 0 aliphatic heterocycles. The molecule has 0 atom stereocenters. The summed E-state index contributed by atoms with van der Waals surface area (Å²) in [7, 11) is -3.77. The van der Waals surface area contributed by atoms with Crippen molar-refractivity contribution in [3.63, 3.8) is 0 Å². The zero-order chi connectivity index (χ0) is 32.2. The van der Waals surface area contributed by atoms with Gasteiger partial charge in [0.05, 0.1) is 0 Å². The average molecular weight is 678 g/mol. The molecule has 0 saturated carbocycles. The summed E-state index contributed by atoms with van der Waals surface area (Å²) in [4.78, 5) is 17.7. The fourth-order valence-electron chi connectivity index (χ4n) is 6.29. The molecule has 264 valence electrons. The first kappa shape index (κ1) is 44.4. The summed E-state index contributed by atoms with van der Waals surface area (Å²) in [5.74, 6) is 0. The minimum absolute atomic E-state index is 0.0591. The van der Waals surface area contributed by atoms with E-state index in [0.717, 1.165) is 19.4 Å². The van der Waals surface area contributed by atoms with Gasteiger partial charge in [0.1, 0.15) is 4.32 Å². The van der Waals surface area contributed by atoms with Crippen molar-refractivity contribution in [2.75, 3.05) is 12.7 Å². The maximum absolute atomic E-state index is 10.8. The molecule has 0 aromatic carbocycles. The predicted octanol–water partition coefficient (Wildman–Crippen LogP) is 13.2. The van der Waals surface area contributed by atoms with Crippen molar-refractivity contribution in [2.45, 2.75) is 218 Å². The first-order chi connectivity index (χ1) is 21.4. The molecule has 0 aromatic rings. The van der Waals surface area contributed by atoms with Crippen LogP contribution in [-0.2, 0) is 4.57 Å². The number of nitrogens with one attached hydrogen (secondary N) is 1. The third kappa shape index (κ3) is 42.4. The van der Waals surface area contributed by atoms with E-state index in [4.69, 9.17) is 22.0 Å². The van der Waals surface area contributed by atoms with Crippen LogP contribution in [0.3, 0.4) is 0 Å². The van der Waals surface area contributed by atoms with Gasteiger partial charge in [-0.05, 0) is 12.8 Å². The fraction of sp³-hybridized carbons (Fsp3) is 0.973. The highest BCUT2D eigenvalue weighted by Gasteiger charge is 2.10. The van der Waals surface area contributed by atoms with E-state index >= 15 is 0 Å². The van der Waals surface area contributed by atoms with Gasteiger partial charge in [-0.2, -0.15) is 0 Å². The Bertz CT molecular complexity index is 632. The van der Waals surface area contributed by atoms with Crippen molar-refractivity contribution in [2.24, 2.45) is 0 Å². The van der Waals surface area contributed by atoms with Gasteiger partial charge in [0.2, 0.25) is 0 Å². The van der Waals surface area contributed by atoms with E-state index in [1.165, 1.54) is 199 Å². The molecule has 0 aliphatic rings. The molecule has 0 aromatic heterocycles. The monoisotopic (exact) mass is 678 g/mol. The standard InChI is InChI=1S/C37H76NO3PS2/c39-42(40,41)36-34-32-30-28-26-24-22-20-18-16-14-12-10-8-6-4-2-1-3-5-7-9-11-13-15-17-19-21-23-25-27-29-31-33-35-38-37(43)44/h1-36H2,(H2,38,43,44)(H2,39,40,41). The molecule has 3 N–H and O–H groups in total. The highest BCUT2D eigenvalue weighted by atomic mass is 32.1. The maximum atomic E-state index is 10.8. The van der Waals surface area contributed by atoms with E-state index in [0.29, 0.717) is 10.7 Å². The second kappa shape index (κ2) is 36.2. The van der Waals surface area contributed by atoms with E-state index in [-0.39, 0.29) is 6.16 Å². The third-order valence-corrected chi connectivity index (χ3v) is 10.4. The van der Waals surface area contributed by atoms with Crippen LogP contribution in [0, 0.1) is 0 Å². The fourth-order valence-corrected chi connectivity index (χ4v) is 7.14. The number of thiol groups is 1.